The van der Waals surface area contributed by atoms with Crippen LogP contribution in [-0.2, 0) is 6.42 Å². The van der Waals surface area contributed by atoms with Crippen molar-refractivity contribution in [3.05, 3.63) is 64.7 Å². The van der Waals surface area contributed by atoms with Gasteiger partial charge in [0.05, 0.1) is 0 Å². The number of para-hydroxylation sites is 1. The molecule has 1 heteroatoms. The van der Waals surface area contributed by atoms with Gasteiger partial charge in [0.25, 0.3) is 0 Å². The third kappa shape index (κ3) is 2.25. The minimum Gasteiger partial charge on any atom is -0.382 e. The largest absolute Gasteiger partial charge is 0.382 e. The van der Waals surface area contributed by atoms with Crippen molar-refractivity contribution < 1.29 is 0 Å². The van der Waals surface area contributed by atoms with Crippen LogP contribution in [0, 0.1) is 13.8 Å². The summed E-state index contributed by atoms with van der Waals surface area (Å²) in [5.41, 5.74) is 6.95. The number of hydrogen-bond acceptors (Lipinski definition) is 1. The standard InChI is InChI=1S/C18H21N/c1-12-7-9-15(10-8-12)11-17-14(3)19-18-13(2)5-4-6-16(17)18/h4-10,14,17,19H,11H2,1-3H3. The summed E-state index contributed by atoms with van der Waals surface area (Å²) in [6, 6.07) is 16.1. The highest BCUT2D eigenvalue weighted by molar-refractivity contribution is 5.64. The van der Waals surface area contributed by atoms with Gasteiger partial charge in [0, 0.05) is 17.6 Å². The van der Waals surface area contributed by atoms with Crippen molar-refractivity contribution in [2.24, 2.45) is 0 Å². The monoisotopic (exact) mass is 251 g/mol. The molecule has 0 bridgehead atoms. The predicted octanol–water partition coefficient (Wildman–Crippen LogP) is 4.44. The Morgan fingerprint density at radius 2 is 1.74 bits per heavy atom. The topological polar surface area (TPSA) is 12.0 Å². The molecular weight excluding hydrogens is 230 g/mol. The van der Waals surface area contributed by atoms with Crippen LogP contribution in [-0.4, -0.2) is 6.04 Å². The lowest BCUT2D eigenvalue weighted by molar-refractivity contribution is 0.629. The Morgan fingerprint density at radius 3 is 2.47 bits per heavy atom. The minimum absolute atomic E-state index is 0.511. The van der Waals surface area contributed by atoms with Gasteiger partial charge in [-0.1, -0.05) is 48.0 Å². The van der Waals surface area contributed by atoms with E-state index in [0.717, 1.165) is 6.42 Å². The van der Waals surface area contributed by atoms with E-state index in [1.54, 1.807) is 0 Å². The van der Waals surface area contributed by atoms with Crippen molar-refractivity contribution >= 4 is 5.69 Å². The van der Waals surface area contributed by atoms with Crippen LogP contribution in [0.3, 0.4) is 0 Å². The molecule has 1 nitrogen and oxygen atoms in total. The number of anilines is 1. The van der Waals surface area contributed by atoms with E-state index >= 15 is 0 Å². The van der Waals surface area contributed by atoms with Crippen LogP contribution in [0.4, 0.5) is 5.69 Å². The van der Waals surface area contributed by atoms with E-state index in [0.29, 0.717) is 12.0 Å². The van der Waals surface area contributed by atoms with Gasteiger partial charge in [-0.25, -0.2) is 0 Å². The summed E-state index contributed by atoms with van der Waals surface area (Å²) in [5, 5.41) is 3.65. The Balaban J connectivity index is 1.90. The van der Waals surface area contributed by atoms with Crippen molar-refractivity contribution in [3.8, 4) is 0 Å². The molecular formula is C18H21N. The maximum Gasteiger partial charge on any atom is 0.0408 e. The zero-order valence-electron chi connectivity index (χ0n) is 11.9. The summed E-state index contributed by atoms with van der Waals surface area (Å²) in [4.78, 5) is 0. The zero-order valence-corrected chi connectivity index (χ0v) is 11.9. The molecule has 1 heterocycles. The molecule has 19 heavy (non-hydrogen) atoms. The van der Waals surface area contributed by atoms with Gasteiger partial charge >= 0.3 is 0 Å². The molecule has 2 atom stereocenters. The average molecular weight is 251 g/mol. The minimum atomic E-state index is 0.511. The second kappa shape index (κ2) is 4.73. The molecule has 0 radical (unpaired) electrons. The molecule has 0 aromatic heterocycles. The van der Waals surface area contributed by atoms with E-state index in [-0.39, 0.29) is 0 Å². The number of nitrogens with one attached hydrogen (secondary N) is 1. The molecule has 0 saturated heterocycles. The highest BCUT2D eigenvalue weighted by atomic mass is 15.0. The Hall–Kier alpha value is -1.76. The number of hydrogen-bond donors (Lipinski definition) is 1. The summed E-state index contributed by atoms with van der Waals surface area (Å²) >= 11 is 0. The molecule has 2 unspecified atom stereocenters. The van der Waals surface area contributed by atoms with Crippen LogP contribution < -0.4 is 5.32 Å². The van der Waals surface area contributed by atoms with Gasteiger partial charge in [-0.15, -0.1) is 0 Å². The first-order chi connectivity index (χ1) is 9.15. The fraction of sp³-hybridized carbons (Fsp3) is 0.333. The summed E-state index contributed by atoms with van der Waals surface area (Å²) in [6.07, 6.45) is 1.12. The molecule has 98 valence electrons. The second-order valence-electron chi connectivity index (χ2n) is 5.77. The third-order valence-electron chi connectivity index (χ3n) is 4.26. The molecule has 0 saturated carbocycles. The van der Waals surface area contributed by atoms with Crippen LogP contribution >= 0.6 is 0 Å². The normalized spacial score (nSPS) is 21.0. The fourth-order valence-corrected chi connectivity index (χ4v) is 3.06. The van der Waals surface area contributed by atoms with Crippen LogP contribution in [0.25, 0.3) is 0 Å². The van der Waals surface area contributed by atoms with Gasteiger partial charge in [0.1, 0.15) is 0 Å². The van der Waals surface area contributed by atoms with E-state index in [2.05, 4.69) is 68.6 Å². The molecule has 1 N–H and O–H groups in total. The average Bonchev–Trinajstić information content (AvgIpc) is 2.71. The maximum absolute atomic E-state index is 3.65. The number of benzene rings is 2. The lowest BCUT2D eigenvalue weighted by Gasteiger charge is -2.16. The van der Waals surface area contributed by atoms with E-state index in [4.69, 9.17) is 0 Å². The Bertz CT molecular complexity index is 583. The highest BCUT2D eigenvalue weighted by Crippen LogP contribution is 2.39. The van der Waals surface area contributed by atoms with Gasteiger partial charge in [0.2, 0.25) is 0 Å². The molecule has 0 aliphatic carbocycles. The Kier molecular flexibility index (Phi) is 3.06. The van der Waals surface area contributed by atoms with Gasteiger partial charge in [0.15, 0.2) is 0 Å². The van der Waals surface area contributed by atoms with Crippen LogP contribution in [0.1, 0.15) is 35.1 Å². The Morgan fingerprint density at radius 1 is 1.00 bits per heavy atom. The first-order valence-corrected chi connectivity index (χ1v) is 7.07. The van der Waals surface area contributed by atoms with E-state index in [9.17, 15) is 0 Å². The smallest absolute Gasteiger partial charge is 0.0408 e. The van der Waals surface area contributed by atoms with Crippen molar-refractivity contribution in [3.63, 3.8) is 0 Å². The van der Waals surface area contributed by atoms with Gasteiger partial charge in [-0.2, -0.15) is 0 Å². The predicted molar refractivity (Wildman–Crippen MR) is 81.9 cm³/mol. The van der Waals surface area contributed by atoms with Crippen LogP contribution in [0.15, 0.2) is 42.5 Å². The van der Waals surface area contributed by atoms with Gasteiger partial charge in [-0.3, -0.25) is 0 Å². The molecule has 1 aliphatic heterocycles. The molecule has 0 amide bonds. The number of aryl methyl sites for hydroxylation is 2. The molecule has 0 spiro atoms. The first kappa shape index (κ1) is 12.3. The summed E-state index contributed by atoms with van der Waals surface area (Å²) in [7, 11) is 0. The second-order valence-corrected chi connectivity index (χ2v) is 5.77. The van der Waals surface area contributed by atoms with Crippen LogP contribution in [0.5, 0.6) is 0 Å². The lowest BCUT2D eigenvalue weighted by Crippen LogP contribution is -2.17. The van der Waals surface area contributed by atoms with Crippen molar-refractivity contribution in [1.29, 1.82) is 0 Å². The van der Waals surface area contributed by atoms with Gasteiger partial charge in [-0.05, 0) is 43.9 Å². The van der Waals surface area contributed by atoms with Crippen molar-refractivity contribution in [1.82, 2.24) is 0 Å². The number of fused-ring (bicyclic) bond motifs is 1. The third-order valence-corrected chi connectivity index (χ3v) is 4.26. The van der Waals surface area contributed by atoms with E-state index in [1.165, 1.54) is 27.9 Å². The molecule has 0 fully saturated rings. The van der Waals surface area contributed by atoms with E-state index in [1.807, 2.05) is 0 Å². The maximum atomic E-state index is 3.65. The van der Waals surface area contributed by atoms with E-state index < -0.39 is 0 Å². The van der Waals surface area contributed by atoms with Crippen LogP contribution in [0.2, 0.25) is 0 Å². The van der Waals surface area contributed by atoms with Crippen molar-refractivity contribution in [2.45, 2.75) is 39.2 Å². The summed E-state index contributed by atoms with van der Waals surface area (Å²) in [5.74, 6) is 0.581. The zero-order chi connectivity index (χ0) is 13.4. The Labute approximate surface area is 115 Å². The lowest BCUT2D eigenvalue weighted by atomic mass is 9.88. The van der Waals surface area contributed by atoms with Gasteiger partial charge < -0.3 is 5.32 Å². The highest BCUT2D eigenvalue weighted by Gasteiger charge is 2.29. The summed E-state index contributed by atoms with van der Waals surface area (Å²) < 4.78 is 0. The fourth-order valence-electron chi connectivity index (χ4n) is 3.06. The first-order valence-electron chi connectivity index (χ1n) is 7.07. The SMILES string of the molecule is Cc1ccc(CC2c3cccc(C)c3NC2C)cc1. The number of rotatable bonds is 2. The summed E-state index contributed by atoms with van der Waals surface area (Å²) in [6.45, 7) is 6.62. The molecule has 2 aromatic rings. The quantitative estimate of drug-likeness (QED) is 0.831. The molecule has 3 rings (SSSR count). The molecule has 2 aromatic carbocycles. The van der Waals surface area contributed by atoms with Crippen molar-refractivity contribution in [2.75, 3.05) is 5.32 Å². The molecule has 1 aliphatic rings.